The Kier molecular flexibility index (Phi) is 5.27. The lowest BCUT2D eigenvalue weighted by molar-refractivity contribution is -0.137. The molecule has 1 aliphatic heterocycles. The van der Waals surface area contributed by atoms with Crippen LogP contribution in [-0.4, -0.2) is 44.8 Å². The molecular weight excluding hydrogens is 322 g/mol. The summed E-state index contributed by atoms with van der Waals surface area (Å²) in [4.78, 5) is 29.6. The molecule has 3 rings (SSSR count). The van der Waals surface area contributed by atoms with Gasteiger partial charge in [-0.2, -0.15) is 5.10 Å². The first kappa shape index (κ1) is 16.9. The Bertz CT molecular complexity index is 733. The first-order valence-corrected chi connectivity index (χ1v) is 8.39. The number of anilines is 2. The minimum absolute atomic E-state index is 0.248. The van der Waals surface area contributed by atoms with Gasteiger partial charge in [0.05, 0.1) is 5.56 Å². The lowest BCUT2D eigenvalue weighted by Crippen LogP contribution is -2.25. The van der Waals surface area contributed by atoms with E-state index in [4.69, 9.17) is 5.11 Å². The summed E-state index contributed by atoms with van der Waals surface area (Å²) in [5.41, 5.74) is 0.436. The fraction of sp³-hybridized carbons (Fsp3) is 0.412. The van der Waals surface area contributed by atoms with E-state index < -0.39 is 5.97 Å². The van der Waals surface area contributed by atoms with Crippen LogP contribution in [0.25, 0.3) is 0 Å². The van der Waals surface area contributed by atoms with Crippen molar-refractivity contribution >= 4 is 23.5 Å². The molecule has 2 aromatic heterocycles. The molecule has 0 aliphatic carbocycles. The number of amides is 1. The molecular formula is C17H21N5O3. The van der Waals surface area contributed by atoms with E-state index in [1.54, 1.807) is 18.3 Å². The van der Waals surface area contributed by atoms with Crippen LogP contribution < -0.4 is 10.2 Å². The third-order valence-corrected chi connectivity index (χ3v) is 4.12. The molecule has 2 N–H and O–H groups in total. The summed E-state index contributed by atoms with van der Waals surface area (Å²) in [7, 11) is 0. The summed E-state index contributed by atoms with van der Waals surface area (Å²) in [5.74, 6) is -0.114. The third kappa shape index (κ3) is 4.56. The normalized spacial score (nSPS) is 14.8. The third-order valence-electron chi connectivity index (χ3n) is 4.12. The average Bonchev–Trinajstić information content (AvgIpc) is 2.85. The molecule has 1 saturated heterocycles. The number of carbonyl (C=O) groups is 2. The van der Waals surface area contributed by atoms with E-state index in [1.807, 2.05) is 6.07 Å². The number of nitrogens with one attached hydrogen (secondary N) is 1. The van der Waals surface area contributed by atoms with Crippen molar-refractivity contribution in [3.8, 4) is 0 Å². The Morgan fingerprint density at radius 1 is 1.12 bits per heavy atom. The highest BCUT2D eigenvalue weighted by molar-refractivity contribution is 6.03. The predicted octanol–water partition coefficient (Wildman–Crippen LogP) is 2.00. The van der Waals surface area contributed by atoms with Crippen LogP contribution in [0.1, 0.15) is 36.0 Å². The number of nitrogens with zero attached hydrogens (tertiary/aromatic N) is 4. The second kappa shape index (κ2) is 7.78. The Balaban J connectivity index is 1.62. The highest BCUT2D eigenvalue weighted by Gasteiger charge is 2.13. The number of carbonyl (C=O) groups excluding carboxylic acids is 1. The van der Waals surface area contributed by atoms with Crippen molar-refractivity contribution in [2.24, 2.45) is 0 Å². The molecule has 1 amide bonds. The van der Waals surface area contributed by atoms with E-state index in [1.165, 1.54) is 36.6 Å². The van der Waals surface area contributed by atoms with Gasteiger partial charge < -0.3 is 15.3 Å². The molecule has 25 heavy (non-hydrogen) atoms. The Morgan fingerprint density at radius 3 is 2.52 bits per heavy atom. The van der Waals surface area contributed by atoms with Crippen LogP contribution in [0, 0.1) is 0 Å². The molecule has 0 bridgehead atoms. The molecule has 132 valence electrons. The molecule has 0 spiro atoms. The van der Waals surface area contributed by atoms with E-state index >= 15 is 0 Å². The highest BCUT2D eigenvalue weighted by Crippen LogP contribution is 2.17. The van der Waals surface area contributed by atoms with Gasteiger partial charge in [0.15, 0.2) is 5.82 Å². The minimum Gasteiger partial charge on any atom is -0.480 e. The van der Waals surface area contributed by atoms with Crippen molar-refractivity contribution in [1.82, 2.24) is 14.8 Å². The van der Waals surface area contributed by atoms with Crippen LogP contribution in [0.5, 0.6) is 0 Å². The number of hydrogen-bond donors (Lipinski definition) is 2. The largest absolute Gasteiger partial charge is 0.480 e. The van der Waals surface area contributed by atoms with Gasteiger partial charge in [-0.25, -0.2) is 4.98 Å². The molecule has 8 heteroatoms. The van der Waals surface area contributed by atoms with Crippen molar-refractivity contribution in [1.29, 1.82) is 0 Å². The van der Waals surface area contributed by atoms with Gasteiger partial charge in [0, 0.05) is 31.5 Å². The monoisotopic (exact) mass is 343 g/mol. The Morgan fingerprint density at radius 2 is 1.88 bits per heavy atom. The van der Waals surface area contributed by atoms with Crippen molar-refractivity contribution < 1.29 is 14.7 Å². The van der Waals surface area contributed by atoms with Crippen molar-refractivity contribution in [2.75, 3.05) is 23.3 Å². The molecule has 0 aromatic carbocycles. The standard InChI is InChI=1S/C17H21N5O3/c23-16(24)12-22-10-7-14(20-22)19-17(25)13-5-6-15(18-11-13)21-8-3-1-2-4-9-21/h5-7,10-11H,1-4,8-9,12H2,(H,23,24)(H,19,20,25). The number of hydrogen-bond acceptors (Lipinski definition) is 5. The summed E-state index contributed by atoms with van der Waals surface area (Å²) in [6.07, 6.45) is 7.91. The van der Waals surface area contributed by atoms with Gasteiger partial charge in [-0.05, 0) is 25.0 Å². The second-order valence-corrected chi connectivity index (χ2v) is 6.05. The molecule has 1 fully saturated rings. The lowest BCUT2D eigenvalue weighted by atomic mass is 10.2. The Labute approximate surface area is 145 Å². The van der Waals surface area contributed by atoms with Gasteiger partial charge in [0.2, 0.25) is 0 Å². The molecule has 8 nitrogen and oxygen atoms in total. The molecule has 2 aromatic rings. The van der Waals surface area contributed by atoms with Gasteiger partial charge >= 0.3 is 5.97 Å². The maximum Gasteiger partial charge on any atom is 0.325 e. The summed E-state index contributed by atoms with van der Waals surface area (Å²) >= 11 is 0. The van der Waals surface area contributed by atoms with E-state index in [0.29, 0.717) is 11.4 Å². The summed E-state index contributed by atoms with van der Waals surface area (Å²) < 4.78 is 1.25. The molecule has 1 aliphatic rings. The van der Waals surface area contributed by atoms with Crippen molar-refractivity contribution in [2.45, 2.75) is 32.2 Å². The first-order chi connectivity index (χ1) is 12.1. The molecule has 0 atom stereocenters. The van der Waals surface area contributed by atoms with Crippen LogP contribution in [0.3, 0.4) is 0 Å². The fourth-order valence-electron chi connectivity index (χ4n) is 2.85. The summed E-state index contributed by atoms with van der Waals surface area (Å²) in [5, 5.41) is 15.4. The molecule has 3 heterocycles. The average molecular weight is 343 g/mol. The van der Waals surface area contributed by atoms with Crippen LogP contribution in [-0.2, 0) is 11.3 Å². The number of aromatic nitrogens is 3. The molecule has 0 radical (unpaired) electrons. The Hall–Kier alpha value is -2.90. The van der Waals surface area contributed by atoms with Gasteiger partial charge in [-0.1, -0.05) is 12.8 Å². The fourth-order valence-corrected chi connectivity index (χ4v) is 2.85. The number of carboxylic acids is 1. The maximum absolute atomic E-state index is 12.3. The van der Waals surface area contributed by atoms with E-state index in [9.17, 15) is 9.59 Å². The molecule has 0 unspecified atom stereocenters. The zero-order valence-electron chi connectivity index (χ0n) is 13.9. The van der Waals surface area contributed by atoms with Crippen molar-refractivity contribution in [3.63, 3.8) is 0 Å². The maximum atomic E-state index is 12.3. The van der Waals surface area contributed by atoms with Crippen LogP contribution in [0.4, 0.5) is 11.6 Å². The SMILES string of the molecule is O=C(O)Cn1ccc(NC(=O)c2ccc(N3CCCCCC3)nc2)n1. The lowest BCUT2D eigenvalue weighted by Gasteiger charge is -2.21. The van der Waals surface area contributed by atoms with Gasteiger partial charge in [0.1, 0.15) is 12.4 Å². The number of aliphatic carboxylic acids is 1. The zero-order chi connectivity index (χ0) is 17.6. The minimum atomic E-state index is -0.991. The number of pyridine rings is 1. The predicted molar refractivity (Wildman–Crippen MR) is 92.7 cm³/mol. The van der Waals surface area contributed by atoms with Crippen molar-refractivity contribution in [3.05, 3.63) is 36.2 Å². The topological polar surface area (TPSA) is 100 Å². The quantitative estimate of drug-likeness (QED) is 0.861. The highest BCUT2D eigenvalue weighted by atomic mass is 16.4. The number of rotatable bonds is 5. The van der Waals surface area contributed by atoms with E-state index in [2.05, 4.69) is 20.3 Å². The summed E-state index contributed by atoms with van der Waals surface area (Å²) in [6.45, 7) is 1.75. The number of carboxylic acid groups (broad SMARTS) is 1. The molecule has 0 saturated carbocycles. The first-order valence-electron chi connectivity index (χ1n) is 8.39. The van der Waals surface area contributed by atoms with Crippen LogP contribution >= 0.6 is 0 Å². The van der Waals surface area contributed by atoms with Gasteiger partial charge in [0.25, 0.3) is 5.91 Å². The van der Waals surface area contributed by atoms with Crippen LogP contribution in [0.15, 0.2) is 30.6 Å². The summed E-state index contributed by atoms with van der Waals surface area (Å²) in [6, 6.07) is 5.17. The van der Waals surface area contributed by atoms with E-state index in [0.717, 1.165) is 18.9 Å². The van der Waals surface area contributed by atoms with Crippen LogP contribution in [0.2, 0.25) is 0 Å². The van der Waals surface area contributed by atoms with E-state index in [-0.39, 0.29) is 12.5 Å². The van der Waals surface area contributed by atoms with Gasteiger partial charge in [-0.3, -0.25) is 14.3 Å². The van der Waals surface area contributed by atoms with Gasteiger partial charge in [-0.15, -0.1) is 0 Å². The second-order valence-electron chi connectivity index (χ2n) is 6.05. The smallest absolute Gasteiger partial charge is 0.325 e. The zero-order valence-corrected chi connectivity index (χ0v) is 13.9.